The van der Waals surface area contributed by atoms with Gasteiger partial charge < -0.3 is 4.74 Å². The summed E-state index contributed by atoms with van der Waals surface area (Å²) in [6.07, 6.45) is 1.73. The number of benzene rings is 1. The van der Waals surface area contributed by atoms with E-state index in [1.54, 1.807) is 24.3 Å². The quantitative estimate of drug-likeness (QED) is 0.770. The Balaban J connectivity index is 1.76. The van der Waals surface area contributed by atoms with Gasteiger partial charge in [-0.1, -0.05) is 12.1 Å². The fourth-order valence-electron chi connectivity index (χ4n) is 3.25. The van der Waals surface area contributed by atoms with Crippen LogP contribution in [0, 0.1) is 17.2 Å². The highest BCUT2D eigenvalue weighted by atomic mass is 16.5. The molecule has 104 valence electrons. The molecule has 2 saturated heterocycles. The van der Waals surface area contributed by atoms with E-state index in [1.165, 1.54) is 0 Å². The molecule has 2 fully saturated rings. The van der Waals surface area contributed by atoms with Crippen molar-refractivity contribution in [1.82, 2.24) is 4.90 Å². The maximum absolute atomic E-state index is 12.6. The summed E-state index contributed by atoms with van der Waals surface area (Å²) in [5.74, 6) is 0.289. The molecule has 4 heteroatoms. The second-order valence-electron chi connectivity index (χ2n) is 5.73. The minimum atomic E-state index is 0.0815. The summed E-state index contributed by atoms with van der Waals surface area (Å²) in [7, 11) is 2.13. The largest absolute Gasteiger partial charge is 0.378 e. The van der Waals surface area contributed by atoms with Crippen LogP contribution in [-0.4, -0.2) is 43.0 Å². The molecule has 2 unspecified atom stereocenters. The van der Waals surface area contributed by atoms with Crippen LogP contribution in [0.3, 0.4) is 0 Å². The summed E-state index contributed by atoms with van der Waals surface area (Å²) in [5.41, 5.74) is 1.31. The minimum absolute atomic E-state index is 0.0815. The lowest BCUT2D eigenvalue weighted by molar-refractivity contribution is -0.0702. The Morgan fingerprint density at radius 3 is 2.40 bits per heavy atom. The third-order valence-electron chi connectivity index (χ3n) is 4.55. The molecule has 0 amide bonds. The van der Waals surface area contributed by atoms with Gasteiger partial charge in [0.25, 0.3) is 0 Å². The zero-order valence-corrected chi connectivity index (χ0v) is 11.6. The van der Waals surface area contributed by atoms with E-state index in [0.29, 0.717) is 17.6 Å². The standard InChI is InChI=1S/C16H18N2O2/c1-18-14-6-13(7-15(18)10-20-9-14)16(19)12-4-2-11(8-17)3-5-12/h2-5,13-15H,6-7,9-10H2,1H3. The van der Waals surface area contributed by atoms with Crippen molar-refractivity contribution in [3.05, 3.63) is 35.4 Å². The molecule has 20 heavy (non-hydrogen) atoms. The first-order chi connectivity index (χ1) is 9.69. The molecule has 2 heterocycles. The number of hydrogen-bond acceptors (Lipinski definition) is 4. The van der Waals surface area contributed by atoms with E-state index in [4.69, 9.17) is 10.00 Å². The zero-order valence-electron chi connectivity index (χ0n) is 11.6. The molecule has 2 aliphatic heterocycles. The molecule has 2 atom stereocenters. The van der Waals surface area contributed by atoms with E-state index >= 15 is 0 Å². The van der Waals surface area contributed by atoms with Gasteiger partial charge >= 0.3 is 0 Å². The number of morpholine rings is 1. The van der Waals surface area contributed by atoms with Gasteiger partial charge in [0.15, 0.2) is 5.78 Å². The number of carbonyl (C=O) groups is 1. The van der Waals surface area contributed by atoms with Crippen LogP contribution >= 0.6 is 0 Å². The Kier molecular flexibility index (Phi) is 3.56. The van der Waals surface area contributed by atoms with Crippen LogP contribution in [0.1, 0.15) is 28.8 Å². The van der Waals surface area contributed by atoms with Crippen molar-refractivity contribution in [2.45, 2.75) is 24.9 Å². The van der Waals surface area contributed by atoms with Crippen molar-refractivity contribution >= 4 is 5.78 Å². The molecule has 2 bridgehead atoms. The fraction of sp³-hybridized carbons (Fsp3) is 0.500. The van der Waals surface area contributed by atoms with Gasteiger partial charge in [-0.25, -0.2) is 0 Å². The van der Waals surface area contributed by atoms with Crippen molar-refractivity contribution in [1.29, 1.82) is 5.26 Å². The van der Waals surface area contributed by atoms with E-state index in [-0.39, 0.29) is 11.7 Å². The number of ether oxygens (including phenoxy) is 1. The van der Waals surface area contributed by atoms with Crippen molar-refractivity contribution in [2.24, 2.45) is 5.92 Å². The third kappa shape index (κ3) is 2.35. The van der Waals surface area contributed by atoms with E-state index in [1.807, 2.05) is 0 Å². The summed E-state index contributed by atoms with van der Waals surface area (Å²) >= 11 is 0. The molecule has 3 rings (SSSR count). The number of fused-ring (bicyclic) bond motifs is 2. The Morgan fingerprint density at radius 1 is 1.25 bits per heavy atom. The molecule has 1 aromatic rings. The average Bonchev–Trinajstić information content (AvgIpc) is 2.46. The highest BCUT2D eigenvalue weighted by molar-refractivity contribution is 5.98. The Morgan fingerprint density at radius 2 is 1.85 bits per heavy atom. The Hall–Kier alpha value is -1.70. The number of likely N-dealkylation sites (N-methyl/N-ethyl adjacent to an activating group) is 1. The van der Waals surface area contributed by atoms with Crippen molar-refractivity contribution in [3.8, 4) is 6.07 Å². The zero-order chi connectivity index (χ0) is 14.1. The number of rotatable bonds is 2. The van der Waals surface area contributed by atoms with E-state index in [9.17, 15) is 4.79 Å². The fourth-order valence-corrected chi connectivity index (χ4v) is 3.25. The molecular formula is C16H18N2O2. The van der Waals surface area contributed by atoms with Gasteiger partial charge in [0, 0.05) is 23.6 Å². The molecule has 1 aromatic carbocycles. The third-order valence-corrected chi connectivity index (χ3v) is 4.55. The van der Waals surface area contributed by atoms with Crippen molar-refractivity contribution in [2.75, 3.05) is 20.3 Å². The predicted molar refractivity (Wildman–Crippen MR) is 74.4 cm³/mol. The SMILES string of the molecule is CN1C2COCC1CC(C(=O)c1ccc(C#N)cc1)C2. The highest BCUT2D eigenvalue weighted by Crippen LogP contribution is 2.32. The first kappa shape index (κ1) is 13.3. The number of ketones is 1. The van der Waals surface area contributed by atoms with E-state index in [2.05, 4.69) is 18.0 Å². The Labute approximate surface area is 118 Å². The average molecular weight is 270 g/mol. The normalized spacial score (nSPS) is 29.7. The van der Waals surface area contributed by atoms with Crippen LogP contribution in [-0.2, 0) is 4.74 Å². The lowest BCUT2D eigenvalue weighted by atomic mass is 9.81. The van der Waals surface area contributed by atoms with Crippen LogP contribution in [0.25, 0.3) is 0 Å². The maximum Gasteiger partial charge on any atom is 0.166 e. The van der Waals surface area contributed by atoms with Gasteiger partial charge in [-0.15, -0.1) is 0 Å². The van der Waals surface area contributed by atoms with Crippen LogP contribution < -0.4 is 0 Å². The number of nitriles is 1. The second-order valence-corrected chi connectivity index (χ2v) is 5.73. The summed E-state index contributed by atoms with van der Waals surface area (Å²) in [5, 5.41) is 8.80. The predicted octanol–water partition coefficient (Wildman–Crippen LogP) is 1.85. The number of Topliss-reactive ketones (excluding diaryl/α,β-unsaturated/α-hetero) is 1. The topological polar surface area (TPSA) is 53.3 Å². The molecule has 0 N–H and O–H groups in total. The first-order valence-corrected chi connectivity index (χ1v) is 7.03. The molecule has 0 saturated carbocycles. The van der Waals surface area contributed by atoms with Gasteiger partial charge in [-0.3, -0.25) is 9.69 Å². The van der Waals surface area contributed by atoms with E-state index in [0.717, 1.165) is 31.6 Å². The Bertz CT molecular complexity index is 533. The van der Waals surface area contributed by atoms with Gasteiger partial charge in [0.2, 0.25) is 0 Å². The second kappa shape index (κ2) is 5.35. The number of carbonyl (C=O) groups excluding carboxylic acids is 1. The first-order valence-electron chi connectivity index (χ1n) is 7.03. The van der Waals surface area contributed by atoms with Crippen molar-refractivity contribution in [3.63, 3.8) is 0 Å². The molecule has 0 spiro atoms. The molecule has 0 aliphatic carbocycles. The number of hydrogen-bond donors (Lipinski definition) is 0. The van der Waals surface area contributed by atoms with Gasteiger partial charge in [0.1, 0.15) is 0 Å². The number of nitrogens with zero attached hydrogens (tertiary/aromatic N) is 2. The monoisotopic (exact) mass is 270 g/mol. The molecular weight excluding hydrogens is 252 g/mol. The summed E-state index contributed by atoms with van der Waals surface area (Å²) in [4.78, 5) is 14.9. The lowest BCUT2D eigenvalue weighted by Crippen LogP contribution is -2.55. The van der Waals surface area contributed by atoms with Gasteiger partial charge in [0.05, 0.1) is 24.8 Å². The van der Waals surface area contributed by atoms with E-state index < -0.39 is 0 Å². The summed E-state index contributed by atoms with van der Waals surface area (Å²) in [6.45, 7) is 1.45. The maximum atomic E-state index is 12.6. The molecule has 0 radical (unpaired) electrons. The highest BCUT2D eigenvalue weighted by Gasteiger charge is 2.39. The van der Waals surface area contributed by atoms with Crippen LogP contribution in [0.5, 0.6) is 0 Å². The number of piperidine rings is 1. The summed E-state index contributed by atoms with van der Waals surface area (Å²) < 4.78 is 5.58. The van der Waals surface area contributed by atoms with Crippen LogP contribution in [0.15, 0.2) is 24.3 Å². The molecule has 4 nitrogen and oxygen atoms in total. The van der Waals surface area contributed by atoms with Crippen LogP contribution in [0.4, 0.5) is 0 Å². The summed E-state index contributed by atoms with van der Waals surface area (Å²) in [6, 6.07) is 9.76. The minimum Gasteiger partial charge on any atom is -0.378 e. The lowest BCUT2D eigenvalue weighted by Gasteiger charge is -2.46. The van der Waals surface area contributed by atoms with Gasteiger partial charge in [-0.2, -0.15) is 5.26 Å². The van der Waals surface area contributed by atoms with Crippen molar-refractivity contribution < 1.29 is 9.53 Å². The molecule has 0 aromatic heterocycles. The molecule has 2 aliphatic rings. The van der Waals surface area contributed by atoms with Crippen LogP contribution in [0.2, 0.25) is 0 Å². The van der Waals surface area contributed by atoms with Gasteiger partial charge in [-0.05, 0) is 32.0 Å². The smallest absolute Gasteiger partial charge is 0.166 e.